The van der Waals surface area contributed by atoms with E-state index in [9.17, 15) is 4.79 Å². The first-order chi connectivity index (χ1) is 9.65. The van der Waals surface area contributed by atoms with Crippen LogP contribution >= 0.6 is 0 Å². The molecule has 1 saturated heterocycles. The molecular weight excluding hydrogens is 254 g/mol. The Kier molecular flexibility index (Phi) is 5.41. The second-order valence-electron chi connectivity index (χ2n) is 5.32. The van der Waals surface area contributed by atoms with Crippen LogP contribution in [-0.4, -0.2) is 42.7 Å². The molecule has 2 rings (SSSR count). The van der Waals surface area contributed by atoms with Crippen LogP contribution < -0.4 is 4.74 Å². The molecule has 4 heteroatoms. The van der Waals surface area contributed by atoms with Gasteiger partial charge in [0.1, 0.15) is 5.75 Å². The number of carbonyl (C=O) groups is 1. The summed E-state index contributed by atoms with van der Waals surface area (Å²) in [4.78, 5) is 14.0. The molecule has 1 aliphatic rings. The molecular formula is C16H23NO3. The number of amides is 1. The van der Waals surface area contributed by atoms with Crippen molar-refractivity contribution in [2.24, 2.45) is 0 Å². The Morgan fingerprint density at radius 2 is 1.90 bits per heavy atom. The summed E-state index contributed by atoms with van der Waals surface area (Å²) in [6.07, 6.45) is 1.53. The highest BCUT2D eigenvalue weighted by Gasteiger charge is 2.25. The molecule has 0 bridgehead atoms. The molecule has 4 nitrogen and oxygen atoms in total. The normalized spacial score (nSPS) is 22.6. The molecule has 20 heavy (non-hydrogen) atoms. The fourth-order valence-electron chi connectivity index (χ4n) is 2.47. The van der Waals surface area contributed by atoms with Crippen molar-refractivity contribution in [1.82, 2.24) is 4.90 Å². The SMILES string of the molecule is C[C@@H]1CN(C(=O)CCCOc2ccccc2)C[C@H](C)O1. The van der Waals surface area contributed by atoms with Gasteiger partial charge in [0.2, 0.25) is 5.91 Å². The zero-order chi connectivity index (χ0) is 14.4. The highest BCUT2D eigenvalue weighted by molar-refractivity contribution is 5.76. The van der Waals surface area contributed by atoms with E-state index in [-0.39, 0.29) is 18.1 Å². The maximum Gasteiger partial charge on any atom is 0.222 e. The molecule has 0 spiro atoms. The molecule has 110 valence electrons. The largest absolute Gasteiger partial charge is 0.494 e. The maximum atomic E-state index is 12.1. The minimum absolute atomic E-state index is 0.128. The van der Waals surface area contributed by atoms with Crippen molar-refractivity contribution in [1.29, 1.82) is 0 Å². The summed E-state index contributed by atoms with van der Waals surface area (Å²) in [5.74, 6) is 1.05. The van der Waals surface area contributed by atoms with Crippen LogP contribution in [-0.2, 0) is 9.53 Å². The smallest absolute Gasteiger partial charge is 0.222 e. The number of hydrogen-bond donors (Lipinski definition) is 0. The van der Waals surface area contributed by atoms with E-state index >= 15 is 0 Å². The van der Waals surface area contributed by atoms with E-state index in [1.165, 1.54) is 0 Å². The summed E-state index contributed by atoms with van der Waals surface area (Å²) >= 11 is 0. The van der Waals surface area contributed by atoms with Crippen molar-refractivity contribution >= 4 is 5.91 Å². The van der Waals surface area contributed by atoms with Crippen LogP contribution in [0.4, 0.5) is 0 Å². The molecule has 0 aromatic heterocycles. The quantitative estimate of drug-likeness (QED) is 0.776. The van der Waals surface area contributed by atoms with Crippen molar-refractivity contribution < 1.29 is 14.3 Å². The van der Waals surface area contributed by atoms with Gasteiger partial charge in [-0.15, -0.1) is 0 Å². The van der Waals surface area contributed by atoms with Gasteiger partial charge in [-0.25, -0.2) is 0 Å². The molecule has 1 aromatic carbocycles. The second kappa shape index (κ2) is 7.29. The van der Waals surface area contributed by atoms with Crippen LogP contribution in [0, 0.1) is 0 Å². The van der Waals surface area contributed by atoms with Crippen molar-refractivity contribution in [2.75, 3.05) is 19.7 Å². The second-order valence-corrected chi connectivity index (χ2v) is 5.32. The predicted octanol–water partition coefficient (Wildman–Crippen LogP) is 2.48. The van der Waals surface area contributed by atoms with Gasteiger partial charge in [-0.3, -0.25) is 4.79 Å². The molecule has 1 heterocycles. The predicted molar refractivity (Wildman–Crippen MR) is 77.8 cm³/mol. The third kappa shape index (κ3) is 4.53. The molecule has 0 aliphatic carbocycles. The number of benzene rings is 1. The third-order valence-corrected chi connectivity index (χ3v) is 3.32. The Morgan fingerprint density at radius 1 is 1.25 bits per heavy atom. The highest BCUT2D eigenvalue weighted by atomic mass is 16.5. The molecule has 0 saturated carbocycles. The first-order valence-electron chi connectivity index (χ1n) is 7.26. The van der Waals surface area contributed by atoms with E-state index in [0.717, 1.165) is 12.2 Å². The molecule has 1 aromatic rings. The van der Waals surface area contributed by atoms with E-state index < -0.39 is 0 Å². The topological polar surface area (TPSA) is 38.8 Å². The number of para-hydroxylation sites is 1. The van der Waals surface area contributed by atoms with Crippen LogP contribution in [0.2, 0.25) is 0 Å². The Labute approximate surface area is 120 Å². The number of carbonyl (C=O) groups excluding carboxylic acids is 1. The van der Waals surface area contributed by atoms with Gasteiger partial charge in [-0.05, 0) is 32.4 Å². The molecule has 0 unspecified atom stereocenters. The fraction of sp³-hybridized carbons (Fsp3) is 0.562. The van der Waals surface area contributed by atoms with Crippen molar-refractivity contribution in [3.63, 3.8) is 0 Å². The van der Waals surface area contributed by atoms with Gasteiger partial charge in [-0.2, -0.15) is 0 Å². The summed E-state index contributed by atoms with van der Waals surface area (Å²) in [7, 11) is 0. The lowest BCUT2D eigenvalue weighted by Gasteiger charge is -2.35. The third-order valence-electron chi connectivity index (χ3n) is 3.32. The minimum atomic E-state index is 0.128. The number of ether oxygens (including phenoxy) is 2. The highest BCUT2D eigenvalue weighted by Crippen LogP contribution is 2.13. The Hall–Kier alpha value is -1.55. The first kappa shape index (κ1) is 14.9. The molecule has 2 atom stereocenters. The van der Waals surface area contributed by atoms with Crippen LogP contribution in [0.15, 0.2) is 30.3 Å². The van der Waals surface area contributed by atoms with Gasteiger partial charge in [0.25, 0.3) is 0 Å². The van der Waals surface area contributed by atoms with Crippen LogP contribution in [0.1, 0.15) is 26.7 Å². The average Bonchev–Trinajstić information content (AvgIpc) is 2.43. The van der Waals surface area contributed by atoms with Gasteiger partial charge in [0.15, 0.2) is 0 Å². The minimum Gasteiger partial charge on any atom is -0.494 e. The average molecular weight is 277 g/mol. The zero-order valence-corrected chi connectivity index (χ0v) is 12.2. The molecule has 1 amide bonds. The van der Waals surface area contributed by atoms with E-state index in [1.54, 1.807) is 0 Å². The summed E-state index contributed by atoms with van der Waals surface area (Å²) < 4.78 is 11.2. The van der Waals surface area contributed by atoms with E-state index in [2.05, 4.69) is 0 Å². The Balaban J connectivity index is 1.67. The number of nitrogens with zero attached hydrogens (tertiary/aromatic N) is 1. The lowest BCUT2D eigenvalue weighted by Crippen LogP contribution is -2.48. The summed E-state index contributed by atoms with van der Waals surface area (Å²) in [6, 6.07) is 9.69. The summed E-state index contributed by atoms with van der Waals surface area (Å²) in [5.41, 5.74) is 0. The molecule has 1 aliphatic heterocycles. The number of rotatable bonds is 5. The van der Waals surface area contributed by atoms with Gasteiger partial charge < -0.3 is 14.4 Å². The zero-order valence-electron chi connectivity index (χ0n) is 12.2. The molecule has 0 radical (unpaired) electrons. The summed E-state index contributed by atoms with van der Waals surface area (Å²) in [6.45, 7) is 5.99. The van der Waals surface area contributed by atoms with Gasteiger partial charge in [0.05, 0.1) is 18.8 Å². The first-order valence-corrected chi connectivity index (χ1v) is 7.26. The monoisotopic (exact) mass is 277 g/mol. The van der Waals surface area contributed by atoms with Crippen molar-refractivity contribution in [3.05, 3.63) is 30.3 Å². The lowest BCUT2D eigenvalue weighted by molar-refractivity contribution is -0.143. The van der Waals surface area contributed by atoms with E-state index in [0.29, 0.717) is 26.1 Å². The van der Waals surface area contributed by atoms with Gasteiger partial charge >= 0.3 is 0 Å². The Bertz CT molecular complexity index is 411. The van der Waals surface area contributed by atoms with Crippen LogP contribution in [0.5, 0.6) is 5.75 Å². The van der Waals surface area contributed by atoms with Gasteiger partial charge in [-0.1, -0.05) is 18.2 Å². The van der Waals surface area contributed by atoms with Crippen LogP contribution in [0.25, 0.3) is 0 Å². The summed E-state index contributed by atoms with van der Waals surface area (Å²) in [5, 5.41) is 0. The lowest BCUT2D eigenvalue weighted by atomic mass is 10.2. The van der Waals surface area contributed by atoms with E-state index in [1.807, 2.05) is 49.1 Å². The number of hydrogen-bond acceptors (Lipinski definition) is 3. The fourth-order valence-corrected chi connectivity index (χ4v) is 2.47. The van der Waals surface area contributed by atoms with E-state index in [4.69, 9.17) is 9.47 Å². The van der Waals surface area contributed by atoms with Crippen molar-refractivity contribution in [2.45, 2.75) is 38.9 Å². The Morgan fingerprint density at radius 3 is 2.55 bits per heavy atom. The van der Waals surface area contributed by atoms with Crippen molar-refractivity contribution in [3.8, 4) is 5.75 Å². The van der Waals surface area contributed by atoms with Crippen LogP contribution in [0.3, 0.4) is 0 Å². The van der Waals surface area contributed by atoms with Gasteiger partial charge in [0, 0.05) is 19.5 Å². The molecule has 0 N–H and O–H groups in total. The number of morpholine rings is 1. The standard InChI is InChI=1S/C16H23NO3/c1-13-11-17(12-14(2)20-13)16(18)9-6-10-19-15-7-4-3-5-8-15/h3-5,7-8,13-14H,6,9-12H2,1-2H3/t13-,14+. The molecule has 1 fully saturated rings. The maximum absolute atomic E-state index is 12.1.